The molecule has 0 unspecified atom stereocenters. The summed E-state index contributed by atoms with van der Waals surface area (Å²) < 4.78 is 30.3. The first-order chi connectivity index (χ1) is 8.43. The fourth-order valence-corrected chi connectivity index (χ4v) is 2.96. The Morgan fingerprint density at radius 3 is 2.67 bits per heavy atom. The van der Waals surface area contributed by atoms with E-state index in [1.54, 1.807) is 0 Å². The second kappa shape index (κ2) is 6.16. The second-order valence-electron chi connectivity index (χ2n) is 3.58. The molecule has 5 nitrogen and oxygen atoms in total. The summed E-state index contributed by atoms with van der Waals surface area (Å²) in [5.41, 5.74) is 0.318. The molecule has 98 valence electrons. The number of rotatable bonds is 5. The van der Waals surface area contributed by atoms with Gasteiger partial charge in [0.05, 0.1) is 23.3 Å². The molecule has 0 aromatic heterocycles. The lowest BCUT2D eigenvalue weighted by molar-refractivity contribution is 0.185. The molecule has 0 fully saturated rings. The Morgan fingerprint density at radius 2 is 2.17 bits per heavy atom. The third kappa shape index (κ3) is 3.21. The van der Waals surface area contributed by atoms with Gasteiger partial charge in [-0.2, -0.15) is 9.57 Å². The monoisotopic (exact) mass is 288 g/mol. The summed E-state index contributed by atoms with van der Waals surface area (Å²) in [6.07, 6.45) is 0. The van der Waals surface area contributed by atoms with Crippen LogP contribution in [0.2, 0.25) is 5.02 Å². The summed E-state index contributed by atoms with van der Waals surface area (Å²) in [6.45, 7) is 0.527. The molecule has 0 aliphatic carbocycles. The molecule has 0 amide bonds. The first-order valence-corrected chi connectivity index (χ1v) is 6.90. The highest BCUT2D eigenvalue weighted by molar-refractivity contribution is 7.89. The molecule has 0 bridgehead atoms. The van der Waals surface area contributed by atoms with E-state index in [0.717, 1.165) is 4.31 Å². The zero-order valence-corrected chi connectivity index (χ0v) is 11.6. The molecule has 1 aromatic rings. The fraction of sp³-hybridized carbons (Fsp3) is 0.364. The van der Waals surface area contributed by atoms with Gasteiger partial charge in [0.1, 0.15) is 4.90 Å². The average molecular weight is 289 g/mol. The van der Waals surface area contributed by atoms with Crippen molar-refractivity contribution in [2.45, 2.75) is 4.90 Å². The highest BCUT2D eigenvalue weighted by Gasteiger charge is 2.23. The normalized spacial score (nSPS) is 11.5. The Kier molecular flexibility index (Phi) is 5.11. The Bertz CT molecular complexity index is 566. The number of nitrogens with zero attached hydrogens (tertiary/aromatic N) is 2. The van der Waals surface area contributed by atoms with E-state index in [4.69, 9.17) is 21.6 Å². The van der Waals surface area contributed by atoms with E-state index in [1.807, 2.05) is 6.07 Å². The van der Waals surface area contributed by atoms with Crippen molar-refractivity contribution in [2.24, 2.45) is 0 Å². The molecule has 0 saturated heterocycles. The molecule has 0 aliphatic rings. The van der Waals surface area contributed by atoms with Gasteiger partial charge in [-0.05, 0) is 18.2 Å². The molecular weight excluding hydrogens is 276 g/mol. The van der Waals surface area contributed by atoms with Gasteiger partial charge >= 0.3 is 0 Å². The van der Waals surface area contributed by atoms with Crippen LogP contribution in [-0.2, 0) is 14.8 Å². The van der Waals surface area contributed by atoms with Crippen molar-refractivity contribution in [3.05, 3.63) is 28.8 Å². The number of sulfonamides is 1. The number of hydrogen-bond donors (Lipinski definition) is 0. The lowest BCUT2D eigenvalue weighted by atomic mass is 10.2. The quantitative estimate of drug-likeness (QED) is 0.823. The third-order valence-corrected chi connectivity index (χ3v) is 4.70. The molecular formula is C11H13ClN2O3S. The van der Waals surface area contributed by atoms with Gasteiger partial charge in [-0.1, -0.05) is 11.6 Å². The Morgan fingerprint density at radius 1 is 1.50 bits per heavy atom. The minimum Gasteiger partial charge on any atom is -0.383 e. The highest BCUT2D eigenvalue weighted by atomic mass is 35.5. The van der Waals surface area contributed by atoms with Crippen LogP contribution in [0, 0.1) is 11.3 Å². The molecule has 0 spiro atoms. The number of ether oxygens (including phenoxy) is 1. The third-order valence-electron chi connectivity index (χ3n) is 2.36. The minimum absolute atomic E-state index is 0.0123. The van der Waals surface area contributed by atoms with Crippen molar-refractivity contribution in [3.8, 4) is 6.07 Å². The van der Waals surface area contributed by atoms with Crippen molar-refractivity contribution in [1.82, 2.24) is 4.31 Å². The van der Waals surface area contributed by atoms with Crippen LogP contribution >= 0.6 is 11.6 Å². The SMILES string of the molecule is COCCN(C)S(=O)(=O)c1ccc(C#N)cc1Cl. The largest absolute Gasteiger partial charge is 0.383 e. The van der Waals surface area contributed by atoms with E-state index in [0.29, 0.717) is 12.2 Å². The molecule has 0 N–H and O–H groups in total. The predicted octanol–water partition coefficient (Wildman–Crippen LogP) is 1.48. The first-order valence-electron chi connectivity index (χ1n) is 5.08. The molecule has 7 heteroatoms. The van der Waals surface area contributed by atoms with Crippen LogP contribution in [0.4, 0.5) is 0 Å². The van der Waals surface area contributed by atoms with E-state index < -0.39 is 10.0 Å². The molecule has 0 radical (unpaired) electrons. The van der Waals surface area contributed by atoms with Gasteiger partial charge < -0.3 is 4.74 Å². The van der Waals surface area contributed by atoms with Crippen LogP contribution in [-0.4, -0.2) is 40.0 Å². The summed E-state index contributed by atoms with van der Waals surface area (Å²) >= 11 is 5.88. The first kappa shape index (κ1) is 14.9. The summed E-state index contributed by atoms with van der Waals surface area (Å²) in [4.78, 5) is -0.0123. The summed E-state index contributed by atoms with van der Waals surface area (Å²) in [5, 5.41) is 8.74. The van der Waals surface area contributed by atoms with E-state index in [1.165, 1.54) is 32.4 Å². The van der Waals surface area contributed by atoms with Crippen LogP contribution in [0.25, 0.3) is 0 Å². The van der Waals surface area contributed by atoms with Crippen molar-refractivity contribution in [2.75, 3.05) is 27.3 Å². The summed E-state index contributed by atoms with van der Waals surface area (Å²) in [7, 11) is -0.712. The lowest BCUT2D eigenvalue weighted by Gasteiger charge is -2.17. The topological polar surface area (TPSA) is 70.4 Å². The standard InChI is InChI=1S/C11H13ClN2O3S/c1-14(5-6-17-2)18(15,16)11-4-3-9(8-13)7-10(11)12/h3-4,7H,5-6H2,1-2H3. The van der Waals surface area contributed by atoms with Crippen molar-refractivity contribution in [1.29, 1.82) is 5.26 Å². The molecule has 18 heavy (non-hydrogen) atoms. The summed E-state index contributed by atoms with van der Waals surface area (Å²) in [6, 6.07) is 5.98. The van der Waals surface area contributed by atoms with E-state index in [9.17, 15) is 8.42 Å². The predicted molar refractivity (Wildman–Crippen MR) is 67.9 cm³/mol. The highest BCUT2D eigenvalue weighted by Crippen LogP contribution is 2.24. The van der Waals surface area contributed by atoms with Crippen molar-refractivity contribution < 1.29 is 13.2 Å². The van der Waals surface area contributed by atoms with Crippen LogP contribution in [0.3, 0.4) is 0 Å². The molecule has 0 aliphatic heterocycles. The van der Waals surface area contributed by atoms with E-state index in [2.05, 4.69) is 0 Å². The minimum atomic E-state index is -3.65. The van der Waals surface area contributed by atoms with Crippen molar-refractivity contribution in [3.63, 3.8) is 0 Å². The summed E-state index contributed by atoms with van der Waals surface area (Å²) in [5.74, 6) is 0. The van der Waals surface area contributed by atoms with Crippen molar-refractivity contribution >= 4 is 21.6 Å². The van der Waals surface area contributed by atoms with Gasteiger partial charge in [-0.15, -0.1) is 0 Å². The number of nitriles is 1. The zero-order chi connectivity index (χ0) is 13.8. The molecule has 0 heterocycles. The van der Waals surface area contributed by atoms with Gasteiger partial charge in [0.25, 0.3) is 0 Å². The molecule has 1 aromatic carbocycles. The van der Waals surface area contributed by atoms with Crippen LogP contribution < -0.4 is 0 Å². The van der Waals surface area contributed by atoms with Gasteiger partial charge in [-0.25, -0.2) is 8.42 Å². The van der Waals surface area contributed by atoms with E-state index >= 15 is 0 Å². The number of likely N-dealkylation sites (N-methyl/N-ethyl adjacent to an activating group) is 1. The Balaban J connectivity index is 3.09. The molecule has 1 rings (SSSR count). The maximum Gasteiger partial charge on any atom is 0.244 e. The number of halogens is 1. The van der Waals surface area contributed by atoms with Gasteiger partial charge in [-0.3, -0.25) is 0 Å². The maximum absolute atomic E-state index is 12.2. The average Bonchev–Trinajstić information content (AvgIpc) is 2.35. The molecule has 0 saturated carbocycles. The van der Waals surface area contributed by atoms with Gasteiger partial charge in [0.2, 0.25) is 10.0 Å². The number of methoxy groups -OCH3 is 1. The van der Waals surface area contributed by atoms with Crippen LogP contribution in [0.15, 0.2) is 23.1 Å². The smallest absolute Gasteiger partial charge is 0.244 e. The Hall–Kier alpha value is -1.13. The maximum atomic E-state index is 12.2. The van der Waals surface area contributed by atoms with E-state index in [-0.39, 0.29) is 16.5 Å². The van der Waals surface area contributed by atoms with Crippen LogP contribution in [0.5, 0.6) is 0 Å². The lowest BCUT2D eigenvalue weighted by Crippen LogP contribution is -2.30. The van der Waals surface area contributed by atoms with Gasteiger partial charge in [0, 0.05) is 20.7 Å². The van der Waals surface area contributed by atoms with Crippen LogP contribution in [0.1, 0.15) is 5.56 Å². The second-order valence-corrected chi connectivity index (χ2v) is 6.00. The molecule has 0 atom stereocenters. The number of benzene rings is 1. The zero-order valence-electron chi connectivity index (χ0n) is 10.1. The fourth-order valence-electron chi connectivity index (χ4n) is 1.29. The Labute approximate surface area is 112 Å². The number of hydrogen-bond acceptors (Lipinski definition) is 4. The van der Waals surface area contributed by atoms with Gasteiger partial charge in [0.15, 0.2) is 0 Å².